The highest BCUT2D eigenvalue weighted by Gasteiger charge is 2.58. The fraction of sp³-hybridized carbons (Fsp3) is 0.850. The van der Waals surface area contributed by atoms with Gasteiger partial charge < -0.3 is 0 Å². The molecule has 0 aliphatic heterocycles. The summed E-state index contributed by atoms with van der Waals surface area (Å²) in [6.45, 7) is 11.2. The average Bonchev–Trinajstić information content (AvgIpc) is 2.77. The maximum Gasteiger partial charge on any atom is 0.139 e. The topological polar surface area (TPSA) is 17.1 Å². The molecular weight excluding hydrogens is 256 g/mol. The van der Waals surface area contributed by atoms with Crippen LogP contribution in [0, 0.1) is 34.5 Å². The largest absolute Gasteiger partial charge is 0.299 e. The summed E-state index contributed by atoms with van der Waals surface area (Å²) in [5.41, 5.74) is 0.491. The Morgan fingerprint density at radius 3 is 2.67 bits per heavy atom. The van der Waals surface area contributed by atoms with E-state index in [1.807, 2.05) is 6.08 Å². The van der Waals surface area contributed by atoms with Crippen LogP contribution >= 0.6 is 0 Å². The SMILES string of the molecule is C=CCCC1(C)C(=O)CCC2C1CCC1(C)C(C)CCC21. The zero-order chi connectivity index (χ0) is 15.3. The van der Waals surface area contributed by atoms with Crippen LogP contribution in [0.4, 0.5) is 0 Å². The first-order valence-corrected chi connectivity index (χ1v) is 9.07. The molecule has 0 radical (unpaired) electrons. The molecule has 0 bridgehead atoms. The van der Waals surface area contributed by atoms with Gasteiger partial charge in [0.05, 0.1) is 0 Å². The van der Waals surface area contributed by atoms with Crippen LogP contribution in [0.3, 0.4) is 0 Å². The summed E-state index contributed by atoms with van der Waals surface area (Å²) < 4.78 is 0. The van der Waals surface area contributed by atoms with Crippen LogP contribution in [0.5, 0.6) is 0 Å². The van der Waals surface area contributed by atoms with Crippen molar-refractivity contribution in [2.45, 2.75) is 72.1 Å². The van der Waals surface area contributed by atoms with Gasteiger partial charge in [0, 0.05) is 11.8 Å². The molecule has 118 valence electrons. The quantitative estimate of drug-likeness (QED) is 0.635. The van der Waals surface area contributed by atoms with Crippen LogP contribution in [0.1, 0.15) is 72.1 Å². The van der Waals surface area contributed by atoms with Gasteiger partial charge in [0.1, 0.15) is 5.78 Å². The zero-order valence-electron chi connectivity index (χ0n) is 14.2. The van der Waals surface area contributed by atoms with Crippen molar-refractivity contribution < 1.29 is 4.79 Å². The molecule has 1 nitrogen and oxygen atoms in total. The Balaban J connectivity index is 1.88. The fourth-order valence-corrected chi connectivity index (χ4v) is 6.26. The Kier molecular flexibility index (Phi) is 3.83. The molecule has 3 rings (SSSR count). The lowest BCUT2D eigenvalue weighted by atomic mass is 9.48. The first-order valence-electron chi connectivity index (χ1n) is 9.07. The summed E-state index contributed by atoms with van der Waals surface area (Å²) in [5, 5.41) is 0. The first-order chi connectivity index (χ1) is 9.93. The third-order valence-electron chi connectivity index (χ3n) is 7.94. The van der Waals surface area contributed by atoms with E-state index in [9.17, 15) is 4.79 Å². The molecule has 0 saturated heterocycles. The van der Waals surface area contributed by atoms with E-state index in [4.69, 9.17) is 0 Å². The number of rotatable bonds is 3. The molecule has 3 fully saturated rings. The summed E-state index contributed by atoms with van der Waals surface area (Å²) in [5.74, 6) is 3.74. The zero-order valence-corrected chi connectivity index (χ0v) is 14.2. The third-order valence-corrected chi connectivity index (χ3v) is 7.94. The summed E-state index contributed by atoms with van der Waals surface area (Å²) in [6, 6.07) is 0. The van der Waals surface area contributed by atoms with Crippen molar-refractivity contribution in [3.8, 4) is 0 Å². The van der Waals surface area contributed by atoms with Gasteiger partial charge in [-0.2, -0.15) is 0 Å². The number of carbonyl (C=O) groups excluding carboxylic acids is 1. The second kappa shape index (κ2) is 5.25. The van der Waals surface area contributed by atoms with E-state index in [1.54, 1.807) is 0 Å². The molecule has 0 N–H and O–H groups in total. The van der Waals surface area contributed by atoms with Crippen molar-refractivity contribution in [2.24, 2.45) is 34.5 Å². The maximum atomic E-state index is 12.7. The Morgan fingerprint density at radius 1 is 1.19 bits per heavy atom. The number of carbonyl (C=O) groups is 1. The summed E-state index contributed by atoms with van der Waals surface area (Å²) >= 11 is 0. The molecule has 6 atom stereocenters. The number of ketones is 1. The molecule has 1 heteroatoms. The molecule has 0 aromatic carbocycles. The Labute approximate surface area is 130 Å². The second-order valence-electron chi connectivity index (χ2n) is 8.61. The van der Waals surface area contributed by atoms with Gasteiger partial charge in [-0.3, -0.25) is 4.79 Å². The van der Waals surface area contributed by atoms with E-state index >= 15 is 0 Å². The third kappa shape index (κ3) is 2.14. The molecule has 0 aromatic rings. The van der Waals surface area contributed by atoms with Gasteiger partial charge >= 0.3 is 0 Å². The normalized spacial score (nSPS) is 49.6. The standard InChI is InChI=1S/C20H32O/c1-5-6-12-20(4)17-11-13-19(3)14(2)7-9-16(19)15(17)8-10-18(20)21/h5,14-17H,1,6-13H2,2-4H3. The lowest BCUT2D eigenvalue weighted by molar-refractivity contribution is -0.145. The van der Waals surface area contributed by atoms with Gasteiger partial charge in [-0.25, -0.2) is 0 Å². The van der Waals surface area contributed by atoms with Crippen molar-refractivity contribution in [1.29, 1.82) is 0 Å². The average molecular weight is 288 g/mol. The molecule has 3 aliphatic rings. The van der Waals surface area contributed by atoms with E-state index in [0.717, 1.165) is 37.0 Å². The number of fused-ring (bicyclic) bond motifs is 3. The lowest BCUT2D eigenvalue weighted by Gasteiger charge is -2.55. The molecule has 0 amide bonds. The molecule has 0 heterocycles. The monoisotopic (exact) mass is 288 g/mol. The Morgan fingerprint density at radius 2 is 1.95 bits per heavy atom. The molecule has 6 unspecified atom stereocenters. The van der Waals surface area contributed by atoms with Crippen LogP contribution in [0.2, 0.25) is 0 Å². The summed E-state index contributed by atoms with van der Waals surface area (Å²) in [7, 11) is 0. The molecule has 21 heavy (non-hydrogen) atoms. The van der Waals surface area contributed by atoms with Crippen LogP contribution < -0.4 is 0 Å². The van der Waals surface area contributed by atoms with Crippen LogP contribution in [0.25, 0.3) is 0 Å². The first kappa shape index (κ1) is 15.3. The van der Waals surface area contributed by atoms with Crippen molar-refractivity contribution in [2.75, 3.05) is 0 Å². The van der Waals surface area contributed by atoms with E-state index in [-0.39, 0.29) is 5.41 Å². The Bertz CT molecular complexity index is 439. The van der Waals surface area contributed by atoms with E-state index in [1.165, 1.54) is 32.1 Å². The van der Waals surface area contributed by atoms with Crippen molar-refractivity contribution >= 4 is 5.78 Å². The van der Waals surface area contributed by atoms with Crippen LogP contribution in [-0.2, 0) is 4.79 Å². The minimum Gasteiger partial charge on any atom is -0.299 e. The summed E-state index contributed by atoms with van der Waals surface area (Å²) in [6.07, 6.45) is 11.4. The van der Waals surface area contributed by atoms with Gasteiger partial charge in [0.15, 0.2) is 0 Å². The van der Waals surface area contributed by atoms with Crippen molar-refractivity contribution in [3.63, 3.8) is 0 Å². The number of allylic oxidation sites excluding steroid dienone is 1. The van der Waals surface area contributed by atoms with Gasteiger partial charge in [0.25, 0.3) is 0 Å². The predicted molar refractivity (Wildman–Crippen MR) is 88.0 cm³/mol. The van der Waals surface area contributed by atoms with Gasteiger partial charge in [-0.15, -0.1) is 6.58 Å². The minimum atomic E-state index is -0.0652. The van der Waals surface area contributed by atoms with E-state index < -0.39 is 0 Å². The predicted octanol–water partition coefficient (Wildman–Crippen LogP) is 5.40. The maximum absolute atomic E-state index is 12.7. The van der Waals surface area contributed by atoms with Gasteiger partial charge in [-0.1, -0.05) is 26.8 Å². The van der Waals surface area contributed by atoms with E-state index in [0.29, 0.717) is 17.1 Å². The number of Topliss-reactive ketones (excluding diaryl/α,β-unsaturated/α-hetero) is 1. The summed E-state index contributed by atoms with van der Waals surface area (Å²) in [4.78, 5) is 12.7. The molecule has 0 spiro atoms. The minimum absolute atomic E-state index is 0.0652. The fourth-order valence-electron chi connectivity index (χ4n) is 6.26. The van der Waals surface area contributed by atoms with Crippen molar-refractivity contribution in [1.82, 2.24) is 0 Å². The van der Waals surface area contributed by atoms with Gasteiger partial charge in [-0.05, 0) is 74.0 Å². The van der Waals surface area contributed by atoms with Gasteiger partial charge in [0.2, 0.25) is 0 Å². The highest BCUT2D eigenvalue weighted by molar-refractivity contribution is 5.85. The lowest BCUT2D eigenvalue weighted by Crippen LogP contribution is -2.52. The van der Waals surface area contributed by atoms with Crippen molar-refractivity contribution in [3.05, 3.63) is 12.7 Å². The molecule has 3 saturated carbocycles. The highest BCUT2D eigenvalue weighted by atomic mass is 16.1. The molecule has 0 aromatic heterocycles. The van der Waals surface area contributed by atoms with E-state index in [2.05, 4.69) is 27.4 Å². The Hall–Kier alpha value is -0.590. The molecule has 3 aliphatic carbocycles. The smallest absolute Gasteiger partial charge is 0.139 e. The number of hydrogen-bond donors (Lipinski definition) is 0. The highest BCUT2D eigenvalue weighted by Crippen LogP contribution is 2.64. The van der Waals surface area contributed by atoms with Crippen LogP contribution in [0.15, 0.2) is 12.7 Å². The number of hydrogen-bond acceptors (Lipinski definition) is 1. The van der Waals surface area contributed by atoms with Crippen LogP contribution in [-0.4, -0.2) is 5.78 Å². The molecular formula is C20H32O. The second-order valence-corrected chi connectivity index (χ2v) is 8.61.